The summed E-state index contributed by atoms with van der Waals surface area (Å²) >= 11 is 0. The minimum atomic E-state index is -0.291. The van der Waals surface area contributed by atoms with Crippen molar-refractivity contribution >= 4 is 0 Å². The highest BCUT2D eigenvalue weighted by atomic mass is 16.3. The lowest BCUT2D eigenvalue weighted by atomic mass is 10.1. The van der Waals surface area contributed by atoms with Crippen LogP contribution in [0.15, 0.2) is 24.3 Å². The number of allylic oxidation sites excluding steroid dienone is 3. The Bertz CT molecular complexity index is 197. The van der Waals surface area contributed by atoms with Crippen molar-refractivity contribution < 1.29 is 10.2 Å². The molecule has 1 atom stereocenters. The van der Waals surface area contributed by atoms with E-state index >= 15 is 0 Å². The van der Waals surface area contributed by atoms with Crippen LogP contribution < -0.4 is 0 Å². The van der Waals surface area contributed by atoms with Gasteiger partial charge in [-0.3, -0.25) is 0 Å². The van der Waals surface area contributed by atoms with Crippen LogP contribution in [-0.2, 0) is 0 Å². The van der Waals surface area contributed by atoms with E-state index < -0.39 is 0 Å². The van der Waals surface area contributed by atoms with Gasteiger partial charge in [0.2, 0.25) is 0 Å². The third-order valence-electron chi connectivity index (χ3n) is 2.71. The van der Waals surface area contributed by atoms with Gasteiger partial charge in [-0.2, -0.15) is 0 Å². The first kappa shape index (κ1) is 16.4. The highest BCUT2D eigenvalue weighted by molar-refractivity contribution is 5.04. The SMILES string of the molecule is CCCCC[C@H](O)C=CC=CCCCCCO. The summed E-state index contributed by atoms with van der Waals surface area (Å²) in [6.45, 7) is 2.47. The van der Waals surface area contributed by atoms with Crippen LogP contribution in [0.2, 0.25) is 0 Å². The molecular weight excluding hydrogens is 212 g/mol. The van der Waals surface area contributed by atoms with E-state index in [1.807, 2.05) is 18.2 Å². The highest BCUT2D eigenvalue weighted by Gasteiger charge is 1.96. The molecule has 17 heavy (non-hydrogen) atoms. The molecule has 0 spiro atoms. The van der Waals surface area contributed by atoms with Crippen molar-refractivity contribution in [2.45, 2.75) is 64.4 Å². The van der Waals surface area contributed by atoms with Crippen molar-refractivity contribution in [3.63, 3.8) is 0 Å². The number of rotatable bonds is 11. The zero-order valence-electron chi connectivity index (χ0n) is 11.1. The zero-order valence-corrected chi connectivity index (χ0v) is 11.1. The maximum atomic E-state index is 9.60. The number of hydrogen-bond donors (Lipinski definition) is 2. The maximum Gasteiger partial charge on any atom is 0.0723 e. The predicted molar refractivity (Wildman–Crippen MR) is 74.0 cm³/mol. The van der Waals surface area contributed by atoms with Crippen molar-refractivity contribution in [3.8, 4) is 0 Å². The molecule has 0 aliphatic carbocycles. The van der Waals surface area contributed by atoms with Crippen molar-refractivity contribution in [2.75, 3.05) is 6.61 Å². The summed E-state index contributed by atoms with van der Waals surface area (Å²) in [4.78, 5) is 0. The van der Waals surface area contributed by atoms with Crippen molar-refractivity contribution in [2.24, 2.45) is 0 Å². The molecule has 0 heterocycles. The molecule has 0 bridgehead atoms. The molecule has 100 valence electrons. The standard InChI is InChI=1S/C15H28O2/c1-2-3-9-12-15(17)13-10-7-5-4-6-8-11-14-16/h5,7,10,13,15-17H,2-4,6,8-9,11-12,14H2,1H3/t15-/m0/s1. The van der Waals surface area contributed by atoms with E-state index in [-0.39, 0.29) is 6.10 Å². The van der Waals surface area contributed by atoms with Crippen LogP contribution >= 0.6 is 0 Å². The van der Waals surface area contributed by atoms with E-state index in [0.717, 1.165) is 38.5 Å². The van der Waals surface area contributed by atoms with Gasteiger partial charge in [0.25, 0.3) is 0 Å². The molecule has 2 N–H and O–H groups in total. The lowest BCUT2D eigenvalue weighted by molar-refractivity contribution is 0.208. The second kappa shape index (κ2) is 13.5. The van der Waals surface area contributed by atoms with Crippen LogP contribution in [0.3, 0.4) is 0 Å². The van der Waals surface area contributed by atoms with Crippen LogP contribution in [0.4, 0.5) is 0 Å². The summed E-state index contributed by atoms with van der Waals surface area (Å²) in [6.07, 6.45) is 16.2. The number of aliphatic hydroxyl groups excluding tert-OH is 2. The lowest BCUT2D eigenvalue weighted by Crippen LogP contribution is -2.00. The molecule has 0 aliphatic rings. The second-order valence-electron chi connectivity index (χ2n) is 4.45. The first-order chi connectivity index (χ1) is 8.31. The quantitative estimate of drug-likeness (QED) is 0.428. The predicted octanol–water partition coefficient (Wildman–Crippen LogP) is 3.59. The van der Waals surface area contributed by atoms with E-state index in [4.69, 9.17) is 5.11 Å². The topological polar surface area (TPSA) is 40.5 Å². The van der Waals surface area contributed by atoms with Gasteiger partial charge in [-0.1, -0.05) is 56.9 Å². The maximum absolute atomic E-state index is 9.60. The number of hydrogen-bond acceptors (Lipinski definition) is 2. The van der Waals surface area contributed by atoms with Gasteiger partial charge in [-0.25, -0.2) is 0 Å². The molecule has 0 rings (SSSR count). The highest BCUT2D eigenvalue weighted by Crippen LogP contribution is 2.04. The minimum Gasteiger partial charge on any atom is -0.396 e. The van der Waals surface area contributed by atoms with Gasteiger partial charge in [0, 0.05) is 6.61 Å². The van der Waals surface area contributed by atoms with E-state index in [1.165, 1.54) is 12.8 Å². The van der Waals surface area contributed by atoms with Crippen LogP contribution in [0, 0.1) is 0 Å². The van der Waals surface area contributed by atoms with Gasteiger partial charge in [0.05, 0.1) is 6.10 Å². The van der Waals surface area contributed by atoms with Crippen molar-refractivity contribution in [3.05, 3.63) is 24.3 Å². The van der Waals surface area contributed by atoms with Gasteiger partial charge in [0.15, 0.2) is 0 Å². The zero-order chi connectivity index (χ0) is 12.8. The van der Waals surface area contributed by atoms with Crippen LogP contribution in [0.1, 0.15) is 58.3 Å². The van der Waals surface area contributed by atoms with Gasteiger partial charge in [0.1, 0.15) is 0 Å². The fourth-order valence-corrected chi connectivity index (χ4v) is 1.62. The summed E-state index contributed by atoms with van der Waals surface area (Å²) in [5, 5.41) is 18.2. The molecule has 0 fully saturated rings. The normalized spacial score (nSPS) is 13.8. The summed E-state index contributed by atoms with van der Waals surface area (Å²) in [5.41, 5.74) is 0. The second-order valence-corrected chi connectivity index (χ2v) is 4.45. The number of aliphatic hydroxyl groups is 2. The molecule has 0 aromatic heterocycles. The molecule has 0 aromatic rings. The van der Waals surface area contributed by atoms with Crippen molar-refractivity contribution in [1.29, 1.82) is 0 Å². The van der Waals surface area contributed by atoms with Crippen LogP contribution in [-0.4, -0.2) is 22.9 Å². The number of unbranched alkanes of at least 4 members (excludes halogenated alkanes) is 5. The molecule has 0 radical (unpaired) electrons. The third-order valence-corrected chi connectivity index (χ3v) is 2.71. The first-order valence-electron chi connectivity index (χ1n) is 6.93. The Morgan fingerprint density at radius 1 is 1.00 bits per heavy atom. The van der Waals surface area contributed by atoms with Crippen molar-refractivity contribution in [1.82, 2.24) is 0 Å². The molecule has 2 nitrogen and oxygen atoms in total. The Kier molecular flexibility index (Phi) is 13.0. The summed E-state index contributed by atoms with van der Waals surface area (Å²) < 4.78 is 0. The summed E-state index contributed by atoms with van der Waals surface area (Å²) in [6, 6.07) is 0. The largest absolute Gasteiger partial charge is 0.396 e. The van der Waals surface area contributed by atoms with Gasteiger partial charge >= 0.3 is 0 Å². The Morgan fingerprint density at radius 3 is 2.53 bits per heavy atom. The molecule has 0 aromatic carbocycles. The first-order valence-corrected chi connectivity index (χ1v) is 6.93. The minimum absolute atomic E-state index is 0.291. The smallest absolute Gasteiger partial charge is 0.0723 e. The summed E-state index contributed by atoms with van der Waals surface area (Å²) in [7, 11) is 0. The van der Waals surface area contributed by atoms with Crippen LogP contribution in [0.5, 0.6) is 0 Å². The van der Waals surface area contributed by atoms with Gasteiger partial charge < -0.3 is 10.2 Å². The van der Waals surface area contributed by atoms with E-state index in [9.17, 15) is 5.11 Å². The third kappa shape index (κ3) is 13.3. The fraction of sp³-hybridized carbons (Fsp3) is 0.733. The molecule has 0 amide bonds. The fourth-order valence-electron chi connectivity index (χ4n) is 1.62. The average molecular weight is 240 g/mol. The Morgan fingerprint density at radius 2 is 1.82 bits per heavy atom. The molecule has 0 unspecified atom stereocenters. The molecular formula is C15H28O2. The van der Waals surface area contributed by atoms with E-state index in [1.54, 1.807) is 0 Å². The summed E-state index contributed by atoms with van der Waals surface area (Å²) in [5.74, 6) is 0. The molecule has 0 aliphatic heterocycles. The van der Waals surface area contributed by atoms with E-state index in [0.29, 0.717) is 6.61 Å². The average Bonchev–Trinajstić information content (AvgIpc) is 2.33. The Labute approximate surface area is 106 Å². The van der Waals surface area contributed by atoms with Gasteiger partial charge in [-0.05, 0) is 25.7 Å². The lowest BCUT2D eigenvalue weighted by Gasteiger charge is -2.03. The van der Waals surface area contributed by atoms with E-state index in [2.05, 4.69) is 13.0 Å². The Balaban J connectivity index is 3.40. The van der Waals surface area contributed by atoms with Gasteiger partial charge in [-0.15, -0.1) is 0 Å². The van der Waals surface area contributed by atoms with Crippen LogP contribution in [0.25, 0.3) is 0 Å². The monoisotopic (exact) mass is 240 g/mol. The Hall–Kier alpha value is -0.600. The molecule has 0 saturated heterocycles. The molecule has 2 heteroatoms. The molecule has 0 saturated carbocycles.